The number of rotatable bonds is 3. The van der Waals surface area contributed by atoms with Gasteiger partial charge in [-0.15, -0.1) is 29.9 Å². The highest BCUT2D eigenvalue weighted by atomic mass is 35.5. The summed E-state index contributed by atoms with van der Waals surface area (Å²) in [7, 11) is 0. The summed E-state index contributed by atoms with van der Waals surface area (Å²) >= 11 is 0. The van der Waals surface area contributed by atoms with Crippen LogP contribution in [-0.4, -0.2) is 15.0 Å². The van der Waals surface area contributed by atoms with E-state index in [0.717, 1.165) is 12.2 Å². The van der Waals surface area contributed by atoms with Crippen LogP contribution < -0.4 is 5.73 Å². The van der Waals surface area contributed by atoms with Crippen LogP contribution in [0.25, 0.3) is 0 Å². The Morgan fingerprint density at radius 2 is 1.81 bits per heavy atom. The third kappa shape index (κ3) is 3.81. The van der Waals surface area contributed by atoms with Crippen LogP contribution in [0, 0.1) is 0 Å². The Balaban J connectivity index is 0.00000112. The molecule has 1 heterocycles. The lowest BCUT2D eigenvalue weighted by Gasteiger charge is -1.98. The van der Waals surface area contributed by atoms with Gasteiger partial charge in [-0.25, -0.2) is 4.68 Å². The number of benzene rings is 1. The second-order valence-corrected chi connectivity index (χ2v) is 3.10. The Labute approximate surface area is 107 Å². The second-order valence-electron chi connectivity index (χ2n) is 3.10. The fraction of sp³-hybridized carbons (Fsp3) is 0.200. The van der Waals surface area contributed by atoms with E-state index in [4.69, 9.17) is 5.73 Å². The van der Waals surface area contributed by atoms with Gasteiger partial charge in [-0.2, -0.15) is 0 Å². The average molecular weight is 261 g/mol. The molecular formula is C10H14Cl2N4. The van der Waals surface area contributed by atoms with E-state index in [1.807, 2.05) is 24.4 Å². The highest BCUT2D eigenvalue weighted by Crippen LogP contribution is 2.01. The number of nitrogens with two attached hydrogens (primary N) is 1. The molecule has 0 atom stereocenters. The van der Waals surface area contributed by atoms with E-state index < -0.39 is 0 Å². The lowest BCUT2D eigenvalue weighted by atomic mass is 10.2. The number of halogens is 2. The molecule has 0 aliphatic heterocycles. The average Bonchev–Trinajstić information content (AvgIpc) is 2.67. The van der Waals surface area contributed by atoms with Crippen molar-refractivity contribution >= 4 is 24.8 Å². The van der Waals surface area contributed by atoms with E-state index in [1.54, 1.807) is 4.68 Å². The number of hydrogen-bond donors (Lipinski definition) is 1. The zero-order valence-electron chi connectivity index (χ0n) is 8.61. The number of hydrogen-bond acceptors (Lipinski definition) is 3. The predicted octanol–water partition coefficient (Wildman–Crippen LogP) is 1.63. The monoisotopic (exact) mass is 260 g/mol. The van der Waals surface area contributed by atoms with E-state index in [2.05, 4.69) is 22.4 Å². The minimum atomic E-state index is 0. The van der Waals surface area contributed by atoms with E-state index in [0.29, 0.717) is 6.54 Å². The third-order valence-electron chi connectivity index (χ3n) is 1.98. The summed E-state index contributed by atoms with van der Waals surface area (Å²) in [6.45, 7) is 1.18. The highest BCUT2D eigenvalue weighted by molar-refractivity contribution is 5.85. The number of aromatic nitrogens is 3. The van der Waals surface area contributed by atoms with Crippen LogP contribution >= 0.6 is 24.8 Å². The van der Waals surface area contributed by atoms with E-state index in [1.165, 1.54) is 5.56 Å². The molecule has 1 aromatic heterocycles. The van der Waals surface area contributed by atoms with Crippen LogP contribution in [0.4, 0.5) is 0 Å². The molecule has 4 nitrogen and oxygen atoms in total. The van der Waals surface area contributed by atoms with Gasteiger partial charge in [0.05, 0.1) is 18.4 Å². The second kappa shape index (κ2) is 7.22. The zero-order chi connectivity index (χ0) is 9.80. The Hall–Kier alpha value is -1.10. The molecule has 6 heteroatoms. The van der Waals surface area contributed by atoms with Crippen LogP contribution in [0.3, 0.4) is 0 Å². The topological polar surface area (TPSA) is 56.7 Å². The molecule has 0 radical (unpaired) electrons. The van der Waals surface area contributed by atoms with Gasteiger partial charge in [0.2, 0.25) is 0 Å². The van der Waals surface area contributed by atoms with Crippen molar-refractivity contribution in [3.8, 4) is 0 Å². The van der Waals surface area contributed by atoms with Gasteiger partial charge in [-0.05, 0) is 5.56 Å². The standard InChI is InChI=1S/C10H12N4.2ClH/c11-6-10-8-14(13-12-10)7-9-4-2-1-3-5-9;;/h1-5,8H,6-7,11H2;2*1H. The predicted molar refractivity (Wildman–Crippen MR) is 68.0 cm³/mol. The normalized spacial score (nSPS) is 9.06. The van der Waals surface area contributed by atoms with Crippen molar-refractivity contribution < 1.29 is 0 Å². The van der Waals surface area contributed by atoms with Gasteiger partial charge in [-0.3, -0.25) is 0 Å². The zero-order valence-corrected chi connectivity index (χ0v) is 10.2. The number of nitrogens with zero attached hydrogens (tertiary/aromatic N) is 3. The van der Waals surface area contributed by atoms with Crippen molar-refractivity contribution in [1.29, 1.82) is 0 Å². The summed E-state index contributed by atoms with van der Waals surface area (Å²) in [5.74, 6) is 0. The van der Waals surface area contributed by atoms with Crippen molar-refractivity contribution in [2.45, 2.75) is 13.1 Å². The van der Waals surface area contributed by atoms with E-state index in [-0.39, 0.29) is 24.8 Å². The molecular weight excluding hydrogens is 247 g/mol. The van der Waals surface area contributed by atoms with E-state index in [9.17, 15) is 0 Å². The molecule has 0 fully saturated rings. The SMILES string of the molecule is Cl.Cl.NCc1cn(Cc2ccccc2)nn1. The van der Waals surface area contributed by atoms with Crippen molar-refractivity contribution in [3.63, 3.8) is 0 Å². The minimum absolute atomic E-state index is 0. The molecule has 2 rings (SSSR count). The maximum Gasteiger partial charge on any atom is 0.0962 e. The first-order valence-electron chi connectivity index (χ1n) is 4.51. The van der Waals surface area contributed by atoms with Crippen LogP contribution in [0.5, 0.6) is 0 Å². The summed E-state index contributed by atoms with van der Waals surface area (Å²) in [4.78, 5) is 0. The Bertz CT molecular complexity index is 402. The summed E-state index contributed by atoms with van der Waals surface area (Å²) in [5, 5.41) is 7.89. The Morgan fingerprint density at radius 3 is 2.38 bits per heavy atom. The van der Waals surface area contributed by atoms with Crippen molar-refractivity contribution in [1.82, 2.24) is 15.0 Å². The van der Waals surface area contributed by atoms with Gasteiger partial charge in [0.15, 0.2) is 0 Å². The Kier molecular flexibility index (Phi) is 6.72. The van der Waals surface area contributed by atoms with Crippen LogP contribution in [0.15, 0.2) is 36.5 Å². The van der Waals surface area contributed by atoms with Gasteiger partial charge in [-0.1, -0.05) is 35.5 Å². The first kappa shape index (κ1) is 14.9. The van der Waals surface area contributed by atoms with Gasteiger partial charge in [0, 0.05) is 6.54 Å². The summed E-state index contributed by atoms with van der Waals surface area (Å²) in [6.07, 6.45) is 1.87. The Morgan fingerprint density at radius 1 is 1.12 bits per heavy atom. The van der Waals surface area contributed by atoms with Gasteiger partial charge >= 0.3 is 0 Å². The molecule has 0 spiro atoms. The minimum Gasteiger partial charge on any atom is -0.325 e. The summed E-state index contributed by atoms with van der Waals surface area (Å²) in [5.41, 5.74) is 7.47. The molecule has 0 unspecified atom stereocenters. The van der Waals surface area contributed by atoms with Crippen molar-refractivity contribution in [2.24, 2.45) is 5.73 Å². The lowest BCUT2D eigenvalue weighted by Crippen LogP contribution is -2.00. The quantitative estimate of drug-likeness (QED) is 0.913. The molecule has 0 bridgehead atoms. The van der Waals surface area contributed by atoms with Gasteiger partial charge in [0.25, 0.3) is 0 Å². The molecule has 0 aliphatic rings. The van der Waals surface area contributed by atoms with Crippen molar-refractivity contribution in [3.05, 3.63) is 47.8 Å². The smallest absolute Gasteiger partial charge is 0.0962 e. The van der Waals surface area contributed by atoms with Crippen molar-refractivity contribution in [2.75, 3.05) is 0 Å². The maximum absolute atomic E-state index is 5.44. The largest absolute Gasteiger partial charge is 0.325 e. The molecule has 0 saturated heterocycles. The molecule has 2 N–H and O–H groups in total. The molecule has 0 amide bonds. The van der Waals surface area contributed by atoms with E-state index >= 15 is 0 Å². The molecule has 0 aliphatic carbocycles. The maximum atomic E-state index is 5.44. The third-order valence-corrected chi connectivity index (χ3v) is 1.98. The lowest BCUT2D eigenvalue weighted by molar-refractivity contribution is 0.649. The van der Waals surface area contributed by atoms with Crippen LogP contribution in [-0.2, 0) is 13.1 Å². The highest BCUT2D eigenvalue weighted by Gasteiger charge is 1.98. The summed E-state index contributed by atoms with van der Waals surface area (Å²) < 4.78 is 1.79. The summed E-state index contributed by atoms with van der Waals surface area (Å²) in [6, 6.07) is 10.1. The molecule has 0 saturated carbocycles. The molecule has 2 aromatic rings. The fourth-order valence-electron chi connectivity index (χ4n) is 1.28. The van der Waals surface area contributed by atoms with Gasteiger partial charge < -0.3 is 5.73 Å². The van der Waals surface area contributed by atoms with Gasteiger partial charge in [0.1, 0.15) is 0 Å². The molecule has 16 heavy (non-hydrogen) atoms. The first-order chi connectivity index (χ1) is 6.88. The molecule has 88 valence electrons. The van der Waals surface area contributed by atoms with Crippen LogP contribution in [0.1, 0.15) is 11.3 Å². The molecule has 1 aromatic carbocycles. The fourth-order valence-corrected chi connectivity index (χ4v) is 1.28. The van der Waals surface area contributed by atoms with Crippen LogP contribution in [0.2, 0.25) is 0 Å². The first-order valence-corrected chi connectivity index (χ1v) is 4.51.